The molecule has 154 valence electrons. The second-order valence-electron chi connectivity index (χ2n) is 6.77. The Kier molecular flexibility index (Phi) is 8.21. The Morgan fingerprint density at radius 3 is 2.10 bits per heavy atom. The van der Waals surface area contributed by atoms with E-state index >= 15 is 0 Å². The maximum atomic E-state index is 12.2. The average molecular weight is 399 g/mol. The Morgan fingerprint density at radius 1 is 0.897 bits per heavy atom. The van der Waals surface area contributed by atoms with E-state index in [4.69, 9.17) is 14.2 Å². The number of esters is 1. The van der Waals surface area contributed by atoms with Crippen LogP contribution < -0.4 is 14.8 Å². The standard InChI is InChI=1S/C22H25NO6/c1-15(2)12-21(25)23-17-6-4-16(5-7-17)20(24)13-29-22(26)14-28-19-10-8-18(27-3)9-11-19/h4-11,15H,12-14H2,1-3H3,(H,23,25). The third-order valence-electron chi connectivity index (χ3n) is 3.86. The molecule has 0 saturated carbocycles. The van der Waals surface area contributed by atoms with Crippen molar-refractivity contribution in [3.8, 4) is 11.5 Å². The van der Waals surface area contributed by atoms with Crippen molar-refractivity contribution >= 4 is 23.3 Å². The van der Waals surface area contributed by atoms with Crippen LogP contribution in [0.5, 0.6) is 11.5 Å². The molecule has 0 heterocycles. The molecule has 2 aromatic carbocycles. The van der Waals surface area contributed by atoms with Gasteiger partial charge in [0, 0.05) is 17.7 Å². The minimum absolute atomic E-state index is 0.0788. The molecule has 0 aliphatic carbocycles. The van der Waals surface area contributed by atoms with Gasteiger partial charge in [0.2, 0.25) is 5.91 Å². The van der Waals surface area contributed by atoms with Gasteiger partial charge in [0.1, 0.15) is 11.5 Å². The van der Waals surface area contributed by atoms with Crippen LogP contribution in [0.1, 0.15) is 30.6 Å². The van der Waals surface area contributed by atoms with Gasteiger partial charge in [-0.1, -0.05) is 13.8 Å². The molecule has 29 heavy (non-hydrogen) atoms. The topological polar surface area (TPSA) is 90.9 Å². The molecule has 0 radical (unpaired) electrons. The van der Waals surface area contributed by atoms with Crippen molar-refractivity contribution in [2.75, 3.05) is 25.6 Å². The summed E-state index contributed by atoms with van der Waals surface area (Å²) in [5, 5.41) is 2.77. The van der Waals surface area contributed by atoms with Crippen molar-refractivity contribution < 1.29 is 28.6 Å². The molecule has 0 unspecified atom stereocenters. The quantitative estimate of drug-likeness (QED) is 0.486. The summed E-state index contributed by atoms with van der Waals surface area (Å²) in [5.74, 6) is 0.360. The lowest BCUT2D eigenvalue weighted by atomic mass is 10.1. The molecule has 2 aromatic rings. The summed E-state index contributed by atoms with van der Waals surface area (Å²) in [7, 11) is 1.56. The lowest BCUT2D eigenvalue weighted by Crippen LogP contribution is -2.19. The highest BCUT2D eigenvalue weighted by Crippen LogP contribution is 2.17. The van der Waals surface area contributed by atoms with E-state index in [1.807, 2.05) is 13.8 Å². The maximum Gasteiger partial charge on any atom is 0.344 e. The zero-order valence-corrected chi connectivity index (χ0v) is 16.8. The van der Waals surface area contributed by atoms with Crippen LogP contribution in [0.15, 0.2) is 48.5 Å². The maximum absolute atomic E-state index is 12.2. The minimum atomic E-state index is -0.647. The first-order valence-electron chi connectivity index (χ1n) is 9.23. The van der Waals surface area contributed by atoms with Gasteiger partial charge in [-0.05, 0) is 54.4 Å². The molecule has 1 amide bonds. The molecule has 0 bridgehead atoms. The van der Waals surface area contributed by atoms with Crippen LogP contribution in [0, 0.1) is 5.92 Å². The molecule has 0 atom stereocenters. The highest BCUT2D eigenvalue weighted by molar-refractivity contribution is 5.98. The number of nitrogens with one attached hydrogen (secondary N) is 1. The van der Waals surface area contributed by atoms with Crippen molar-refractivity contribution in [1.82, 2.24) is 0 Å². The van der Waals surface area contributed by atoms with Gasteiger partial charge in [0.05, 0.1) is 7.11 Å². The summed E-state index contributed by atoms with van der Waals surface area (Å²) in [6.07, 6.45) is 0.426. The molecule has 0 spiro atoms. The Balaban J connectivity index is 1.76. The summed E-state index contributed by atoms with van der Waals surface area (Å²) < 4.78 is 15.3. The third-order valence-corrected chi connectivity index (χ3v) is 3.86. The number of amides is 1. The van der Waals surface area contributed by atoms with E-state index in [1.165, 1.54) is 0 Å². The van der Waals surface area contributed by atoms with Crippen LogP contribution >= 0.6 is 0 Å². The van der Waals surface area contributed by atoms with E-state index < -0.39 is 5.97 Å². The van der Waals surface area contributed by atoms with Crippen LogP contribution in [-0.4, -0.2) is 38.0 Å². The highest BCUT2D eigenvalue weighted by atomic mass is 16.6. The monoisotopic (exact) mass is 399 g/mol. The van der Waals surface area contributed by atoms with Gasteiger partial charge >= 0.3 is 5.97 Å². The first-order chi connectivity index (χ1) is 13.9. The van der Waals surface area contributed by atoms with Crippen molar-refractivity contribution in [1.29, 1.82) is 0 Å². The fourth-order valence-corrected chi connectivity index (χ4v) is 2.41. The van der Waals surface area contributed by atoms with Crippen LogP contribution in [0.3, 0.4) is 0 Å². The zero-order chi connectivity index (χ0) is 21.2. The van der Waals surface area contributed by atoms with Crippen LogP contribution in [0.2, 0.25) is 0 Å². The molecule has 0 aromatic heterocycles. The van der Waals surface area contributed by atoms with Gasteiger partial charge in [0.15, 0.2) is 19.0 Å². The van der Waals surface area contributed by atoms with E-state index in [0.29, 0.717) is 29.2 Å². The van der Waals surface area contributed by atoms with Gasteiger partial charge in [-0.15, -0.1) is 0 Å². The van der Waals surface area contributed by atoms with E-state index in [2.05, 4.69) is 5.32 Å². The number of Topliss-reactive ketones (excluding diaryl/α,β-unsaturated/α-hetero) is 1. The molecule has 0 aliphatic rings. The summed E-state index contributed by atoms with van der Waals surface area (Å²) >= 11 is 0. The fourth-order valence-electron chi connectivity index (χ4n) is 2.41. The number of carbonyl (C=O) groups is 3. The number of ether oxygens (including phenoxy) is 3. The molecule has 7 heteroatoms. The molecule has 7 nitrogen and oxygen atoms in total. The predicted octanol–water partition coefficient (Wildman–Crippen LogP) is 3.48. The number of anilines is 1. The first kappa shape index (κ1) is 21.9. The number of benzene rings is 2. The summed E-state index contributed by atoms with van der Waals surface area (Å²) in [6.45, 7) is 3.24. The number of hydrogen-bond donors (Lipinski definition) is 1. The fraction of sp³-hybridized carbons (Fsp3) is 0.318. The molecule has 0 fully saturated rings. The van der Waals surface area contributed by atoms with E-state index in [0.717, 1.165) is 0 Å². The largest absolute Gasteiger partial charge is 0.497 e. The van der Waals surface area contributed by atoms with Crippen LogP contribution in [0.4, 0.5) is 5.69 Å². The smallest absolute Gasteiger partial charge is 0.344 e. The van der Waals surface area contributed by atoms with Crippen molar-refractivity contribution in [3.63, 3.8) is 0 Å². The number of hydrogen-bond acceptors (Lipinski definition) is 6. The van der Waals surface area contributed by atoms with Crippen LogP contribution in [0.25, 0.3) is 0 Å². The van der Waals surface area contributed by atoms with E-state index in [1.54, 1.807) is 55.6 Å². The molecular formula is C22H25NO6. The molecule has 1 N–H and O–H groups in total. The van der Waals surface area contributed by atoms with Gasteiger partial charge in [-0.25, -0.2) is 4.79 Å². The van der Waals surface area contributed by atoms with Crippen LogP contribution in [-0.2, 0) is 14.3 Å². The van der Waals surface area contributed by atoms with Gasteiger partial charge in [0.25, 0.3) is 0 Å². The second-order valence-corrected chi connectivity index (χ2v) is 6.77. The lowest BCUT2D eigenvalue weighted by molar-refractivity contribution is -0.144. The number of carbonyl (C=O) groups excluding carboxylic acids is 3. The normalized spacial score (nSPS) is 10.3. The summed E-state index contributed by atoms with van der Waals surface area (Å²) in [5.41, 5.74) is 0.993. The van der Waals surface area contributed by atoms with Gasteiger partial charge in [-0.3, -0.25) is 9.59 Å². The number of ketones is 1. The SMILES string of the molecule is COc1ccc(OCC(=O)OCC(=O)c2ccc(NC(=O)CC(C)C)cc2)cc1. The zero-order valence-electron chi connectivity index (χ0n) is 16.8. The summed E-state index contributed by atoms with van der Waals surface area (Å²) in [6, 6.07) is 13.2. The Labute approximate surface area is 170 Å². The van der Waals surface area contributed by atoms with E-state index in [-0.39, 0.29) is 30.8 Å². The lowest BCUT2D eigenvalue weighted by Gasteiger charge is -2.09. The van der Waals surface area contributed by atoms with Crippen molar-refractivity contribution in [3.05, 3.63) is 54.1 Å². The number of rotatable bonds is 10. The molecule has 2 rings (SSSR count). The molecule has 0 saturated heterocycles. The number of methoxy groups -OCH3 is 1. The van der Waals surface area contributed by atoms with Gasteiger partial charge < -0.3 is 19.5 Å². The Hall–Kier alpha value is -3.35. The molecular weight excluding hydrogens is 374 g/mol. The third kappa shape index (κ3) is 7.65. The summed E-state index contributed by atoms with van der Waals surface area (Å²) in [4.78, 5) is 35.7. The van der Waals surface area contributed by atoms with Gasteiger partial charge in [-0.2, -0.15) is 0 Å². The van der Waals surface area contributed by atoms with E-state index in [9.17, 15) is 14.4 Å². The second kappa shape index (κ2) is 10.8. The Morgan fingerprint density at radius 2 is 1.52 bits per heavy atom. The minimum Gasteiger partial charge on any atom is -0.497 e. The average Bonchev–Trinajstić information content (AvgIpc) is 2.70. The molecule has 0 aliphatic heterocycles. The first-order valence-corrected chi connectivity index (χ1v) is 9.23. The van der Waals surface area contributed by atoms with Crippen molar-refractivity contribution in [2.45, 2.75) is 20.3 Å². The Bertz CT molecular complexity index is 827. The predicted molar refractivity (Wildman–Crippen MR) is 108 cm³/mol. The highest BCUT2D eigenvalue weighted by Gasteiger charge is 2.12. The van der Waals surface area contributed by atoms with Crippen molar-refractivity contribution in [2.24, 2.45) is 5.92 Å².